The minimum atomic E-state index is -0.407. The molecule has 8 heteroatoms. The van der Waals surface area contributed by atoms with Gasteiger partial charge < -0.3 is 19.4 Å². The normalized spacial score (nSPS) is 11.0. The first kappa shape index (κ1) is 16.3. The fraction of sp³-hybridized carbons (Fsp3) is 0.167. The Morgan fingerprint density at radius 1 is 1.19 bits per heavy atom. The van der Waals surface area contributed by atoms with Crippen molar-refractivity contribution in [1.82, 2.24) is 14.5 Å². The number of esters is 1. The van der Waals surface area contributed by atoms with Crippen molar-refractivity contribution in [2.24, 2.45) is 7.05 Å². The molecule has 0 amide bonds. The summed E-state index contributed by atoms with van der Waals surface area (Å²) in [6, 6.07) is 9.13. The topological polar surface area (TPSA) is 78.3 Å². The lowest BCUT2D eigenvalue weighted by Gasteiger charge is -2.10. The number of hydrogen-bond donors (Lipinski definition) is 1. The van der Waals surface area contributed by atoms with E-state index in [-0.39, 0.29) is 0 Å². The van der Waals surface area contributed by atoms with Crippen LogP contribution in [0.3, 0.4) is 0 Å². The van der Waals surface area contributed by atoms with E-state index in [4.69, 9.17) is 9.47 Å². The number of fused-ring (bicyclic) bond motifs is 3. The average molecular weight is 368 g/mol. The number of imidazole rings is 1. The molecule has 0 fully saturated rings. The Bertz CT molecular complexity index is 1130. The Morgan fingerprint density at radius 2 is 2.04 bits per heavy atom. The Labute approximate surface area is 153 Å². The van der Waals surface area contributed by atoms with E-state index in [1.165, 1.54) is 18.4 Å². The molecule has 26 heavy (non-hydrogen) atoms. The van der Waals surface area contributed by atoms with Gasteiger partial charge in [0.15, 0.2) is 5.13 Å². The predicted molar refractivity (Wildman–Crippen MR) is 102 cm³/mol. The van der Waals surface area contributed by atoms with Crippen LogP contribution in [-0.4, -0.2) is 34.7 Å². The Hall–Kier alpha value is -3.13. The number of thiazole rings is 1. The number of nitrogens with zero attached hydrogens (tertiary/aromatic N) is 3. The van der Waals surface area contributed by atoms with Crippen molar-refractivity contribution in [1.29, 1.82) is 0 Å². The largest absolute Gasteiger partial charge is 0.495 e. The summed E-state index contributed by atoms with van der Waals surface area (Å²) in [5.41, 5.74) is 3.82. The number of hydrogen-bond acceptors (Lipinski definition) is 7. The van der Waals surface area contributed by atoms with Gasteiger partial charge in [-0.15, -0.1) is 0 Å². The summed E-state index contributed by atoms with van der Waals surface area (Å²) in [6.07, 6.45) is 1.78. The monoisotopic (exact) mass is 368 g/mol. The van der Waals surface area contributed by atoms with E-state index in [2.05, 4.69) is 15.3 Å². The van der Waals surface area contributed by atoms with Gasteiger partial charge in [-0.2, -0.15) is 0 Å². The second-order valence-corrected chi connectivity index (χ2v) is 6.72. The number of aromatic nitrogens is 3. The van der Waals surface area contributed by atoms with Crippen molar-refractivity contribution in [3.8, 4) is 5.75 Å². The van der Waals surface area contributed by atoms with E-state index < -0.39 is 5.97 Å². The second-order valence-electron chi connectivity index (χ2n) is 5.69. The molecule has 0 saturated carbocycles. The number of rotatable bonds is 4. The Morgan fingerprint density at radius 3 is 2.81 bits per heavy atom. The van der Waals surface area contributed by atoms with E-state index in [9.17, 15) is 4.79 Å². The molecule has 0 aliphatic rings. The molecule has 7 nitrogen and oxygen atoms in total. The molecule has 0 spiro atoms. The number of ether oxygens (including phenoxy) is 2. The lowest BCUT2D eigenvalue weighted by atomic mass is 10.2. The molecule has 2 aromatic heterocycles. The summed E-state index contributed by atoms with van der Waals surface area (Å²) in [5.74, 6) is 0.204. The summed E-state index contributed by atoms with van der Waals surface area (Å²) in [5, 5.41) is 3.94. The summed E-state index contributed by atoms with van der Waals surface area (Å²) in [4.78, 5) is 20.9. The summed E-state index contributed by atoms with van der Waals surface area (Å²) < 4.78 is 13.2. The minimum Gasteiger partial charge on any atom is -0.495 e. The van der Waals surface area contributed by atoms with Crippen LogP contribution < -0.4 is 10.1 Å². The maximum absolute atomic E-state index is 11.8. The third kappa shape index (κ3) is 2.64. The van der Waals surface area contributed by atoms with Gasteiger partial charge in [0.25, 0.3) is 0 Å². The lowest BCUT2D eigenvalue weighted by molar-refractivity contribution is 0.0601. The molecule has 1 N–H and O–H groups in total. The van der Waals surface area contributed by atoms with Crippen molar-refractivity contribution in [3.63, 3.8) is 0 Å². The number of carbonyl (C=O) groups excluding carboxylic acids is 1. The lowest BCUT2D eigenvalue weighted by Crippen LogP contribution is -2.03. The molecule has 0 bridgehead atoms. The molecule has 0 unspecified atom stereocenters. The first-order chi connectivity index (χ1) is 12.6. The van der Waals surface area contributed by atoms with Crippen molar-refractivity contribution >= 4 is 49.4 Å². The number of carbonyl (C=O) groups is 1. The molecule has 132 valence electrons. The standard InChI is InChI=1S/C18H16N4O3S/c1-22-9-19-15-12(22)5-7-14-16(15)21-18(26-14)20-11-8-10(17(23)25-3)4-6-13(11)24-2/h4-9H,1-3H3,(H,20,21). The van der Waals surface area contributed by atoms with Gasteiger partial charge in [0.05, 0.1) is 42.0 Å². The van der Waals surface area contributed by atoms with Crippen LogP contribution in [0, 0.1) is 0 Å². The zero-order valence-corrected chi connectivity index (χ0v) is 15.3. The van der Waals surface area contributed by atoms with Gasteiger partial charge >= 0.3 is 5.97 Å². The average Bonchev–Trinajstić information content (AvgIpc) is 3.24. The maximum atomic E-state index is 11.8. The summed E-state index contributed by atoms with van der Waals surface area (Å²) in [7, 11) is 4.88. The van der Waals surface area contributed by atoms with E-state index in [1.807, 2.05) is 23.7 Å². The number of benzene rings is 2. The zero-order chi connectivity index (χ0) is 18.3. The highest BCUT2D eigenvalue weighted by molar-refractivity contribution is 7.22. The smallest absolute Gasteiger partial charge is 0.337 e. The third-order valence-electron chi connectivity index (χ3n) is 4.12. The Kier molecular flexibility index (Phi) is 3.96. The van der Waals surface area contributed by atoms with E-state index in [1.54, 1.807) is 31.6 Å². The van der Waals surface area contributed by atoms with E-state index in [0.29, 0.717) is 22.1 Å². The molecule has 2 heterocycles. The molecule has 4 aromatic rings. The summed E-state index contributed by atoms with van der Waals surface area (Å²) in [6.45, 7) is 0. The van der Waals surface area contributed by atoms with Crippen LogP contribution in [-0.2, 0) is 11.8 Å². The van der Waals surface area contributed by atoms with Crippen molar-refractivity contribution in [2.45, 2.75) is 0 Å². The van der Waals surface area contributed by atoms with Gasteiger partial charge in [-0.05, 0) is 30.3 Å². The molecule has 0 saturated heterocycles. The van der Waals surface area contributed by atoms with Gasteiger partial charge in [0.1, 0.15) is 16.8 Å². The highest BCUT2D eigenvalue weighted by Crippen LogP contribution is 2.35. The molecule has 0 aliphatic carbocycles. The predicted octanol–water partition coefficient (Wildman–Crippen LogP) is 3.72. The van der Waals surface area contributed by atoms with E-state index in [0.717, 1.165) is 21.3 Å². The number of anilines is 2. The van der Waals surface area contributed by atoms with Crippen LogP contribution in [0.1, 0.15) is 10.4 Å². The maximum Gasteiger partial charge on any atom is 0.337 e. The number of aryl methyl sites for hydroxylation is 1. The van der Waals surface area contributed by atoms with Gasteiger partial charge in [-0.3, -0.25) is 0 Å². The van der Waals surface area contributed by atoms with Crippen LogP contribution >= 0.6 is 11.3 Å². The van der Waals surface area contributed by atoms with Crippen LogP contribution in [0.4, 0.5) is 10.8 Å². The van der Waals surface area contributed by atoms with Crippen LogP contribution in [0.25, 0.3) is 21.3 Å². The van der Waals surface area contributed by atoms with Crippen LogP contribution in [0.2, 0.25) is 0 Å². The highest BCUT2D eigenvalue weighted by Gasteiger charge is 2.14. The summed E-state index contributed by atoms with van der Waals surface area (Å²) >= 11 is 1.51. The first-order valence-corrected chi connectivity index (χ1v) is 8.66. The molecule has 0 aliphatic heterocycles. The van der Waals surface area contributed by atoms with Gasteiger partial charge in [0, 0.05) is 7.05 Å². The molecular formula is C18H16N4O3S. The van der Waals surface area contributed by atoms with Crippen molar-refractivity contribution in [3.05, 3.63) is 42.2 Å². The third-order valence-corrected chi connectivity index (χ3v) is 5.05. The number of methoxy groups -OCH3 is 2. The number of nitrogens with one attached hydrogen (secondary N) is 1. The minimum absolute atomic E-state index is 0.407. The van der Waals surface area contributed by atoms with E-state index >= 15 is 0 Å². The molecule has 0 radical (unpaired) electrons. The molecule has 0 atom stereocenters. The quantitative estimate of drug-likeness (QED) is 0.553. The molecule has 2 aromatic carbocycles. The van der Waals surface area contributed by atoms with Crippen molar-refractivity contribution in [2.75, 3.05) is 19.5 Å². The molecular weight excluding hydrogens is 352 g/mol. The zero-order valence-electron chi connectivity index (χ0n) is 14.4. The van der Waals surface area contributed by atoms with Gasteiger partial charge in [-0.1, -0.05) is 11.3 Å². The van der Waals surface area contributed by atoms with Crippen molar-refractivity contribution < 1.29 is 14.3 Å². The van der Waals surface area contributed by atoms with Gasteiger partial charge in [0.2, 0.25) is 0 Å². The fourth-order valence-corrected chi connectivity index (χ4v) is 3.69. The highest BCUT2D eigenvalue weighted by atomic mass is 32.1. The van der Waals surface area contributed by atoms with Crippen LogP contribution in [0.5, 0.6) is 5.75 Å². The second kappa shape index (κ2) is 6.30. The SMILES string of the molecule is COC(=O)c1ccc(OC)c(Nc2nc3c(ccc4c3ncn4C)s2)c1. The fourth-order valence-electron chi connectivity index (χ4n) is 2.81. The Balaban J connectivity index is 1.77. The molecule has 4 rings (SSSR count). The van der Waals surface area contributed by atoms with Gasteiger partial charge in [-0.25, -0.2) is 14.8 Å². The first-order valence-electron chi connectivity index (χ1n) is 7.84. The van der Waals surface area contributed by atoms with Crippen LogP contribution in [0.15, 0.2) is 36.7 Å².